The van der Waals surface area contributed by atoms with E-state index in [0.29, 0.717) is 12.6 Å². The topological polar surface area (TPSA) is 42.1 Å². The molecule has 1 saturated heterocycles. The number of hydrogen-bond donors (Lipinski definition) is 1. The molecule has 0 spiro atoms. The summed E-state index contributed by atoms with van der Waals surface area (Å²) < 4.78 is 0. The molecular weight excluding hydrogens is 198 g/mol. The largest absolute Gasteiger partial charge is 0.329 e. The normalized spacial score (nSPS) is 20.9. The van der Waals surface area contributed by atoms with Gasteiger partial charge in [-0.3, -0.25) is 9.88 Å². The maximum Gasteiger partial charge on any atom is 0.0485 e. The molecule has 0 aliphatic carbocycles. The highest BCUT2D eigenvalue weighted by atomic mass is 15.2. The quantitative estimate of drug-likeness (QED) is 0.843. The lowest BCUT2D eigenvalue weighted by Gasteiger charge is -2.36. The zero-order valence-corrected chi connectivity index (χ0v) is 9.97. The molecule has 1 atom stereocenters. The third kappa shape index (κ3) is 2.60. The van der Waals surface area contributed by atoms with E-state index in [9.17, 15) is 0 Å². The van der Waals surface area contributed by atoms with Gasteiger partial charge in [0.1, 0.15) is 0 Å². The standard InChI is InChI=1S/C13H21N3/c1-11-4-7-16(8-5-11)13(9-14)12-3-2-6-15-10-12/h2-3,6,10-11,13H,4-5,7-9,14H2,1H3/t13-/m1/s1. The van der Waals surface area contributed by atoms with E-state index in [1.165, 1.54) is 18.4 Å². The third-order valence-electron chi connectivity index (χ3n) is 3.55. The van der Waals surface area contributed by atoms with Gasteiger partial charge >= 0.3 is 0 Å². The zero-order chi connectivity index (χ0) is 11.4. The van der Waals surface area contributed by atoms with Gasteiger partial charge in [-0.05, 0) is 43.5 Å². The first-order valence-electron chi connectivity index (χ1n) is 6.15. The van der Waals surface area contributed by atoms with Crippen LogP contribution in [0.1, 0.15) is 31.4 Å². The molecule has 16 heavy (non-hydrogen) atoms. The number of hydrogen-bond acceptors (Lipinski definition) is 3. The molecule has 2 rings (SSSR count). The lowest BCUT2D eigenvalue weighted by atomic mass is 9.96. The van der Waals surface area contributed by atoms with Crippen molar-refractivity contribution in [3.63, 3.8) is 0 Å². The van der Waals surface area contributed by atoms with Gasteiger partial charge in [0, 0.05) is 25.0 Å². The molecule has 0 aromatic carbocycles. The van der Waals surface area contributed by atoms with Crippen LogP contribution in [0.4, 0.5) is 0 Å². The summed E-state index contributed by atoms with van der Waals surface area (Å²) in [6.07, 6.45) is 6.33. The first-order chi connectivity index (χ1) is 7.81. The molecular formula is C13H21N3. The highest BCUT2D eigenvalue weighted by molar-refractivity contribution is 5.14. The predicted octanol–water partition coefficient (Wildman–Crippen LogP) is 1.81. The Morgan fingerprint density at radius 3 is 2.81 bits per heavy atom. The summed E-state index contributed by atoms with van der Waals surface area (Å²) in [7, 11) is 0. The summed E-state index contributed by atoms with van der Waals surface area (Å²) in [5.74, 6) is 0.864. The van der Waals surface area contributed by atoms with Crippen LogP contribution in [-0.2, 0) is 0 Å². The molecule has 1 fully saturated rings. The van der Waals surface area contributed by atoms with Crippen LogP contribution in [0.5, 0.6) is 0 Å². The van der Waals surface area contributed by atoms with Crippen LogP contribution in [0, 0.1) is 5.92 Å². The fourth-order valence-electron chi connectivity index (χ4n) is 2.41. The van der Waals surface area contributed by atoms with Gasteiger partial charge in [0.05, 0.1) is 0 Å². The highest BCUT2D eigenvalue weighted by Gasteiger charge is 2.23. The fraction of sp³-hybridized carbons (Fsp3) is 0.615. The van der Waals surface area contributed by atoms with Gasteiger partial charge < -0.3 is 5.73 Å². The van der Waals surface area contributed by atoms with Gasteiger partial charge in [0.15, 0.2) is 0 Å². The molecule has 2 N–H and O–H groups in total. The second-order valence-electron chi connectivity index (χ2n) is 4.76. The average Bonchev–Trinajstić information content (AvgIpc) is 2.34. The summed E-state index contributed by atoms with van der Waals surface area (Å²) in [5, 5.41) is 0. The van der Waals surface area contributed by atoms with E-state index in [1.54, 1.807) is 0 Å². The van der Waals surface area contributed by atoms with Crippen LogP contribution < -0.4 is 5.73 Å². The molecule has 88 valence electrons. The Labute approximate surface area is 97.7 Å². The molecule has 3 nitrogen and oxygen atoms in total. The van der Waals surface area contributed by atoms with Crippen LogP contribution in [0.15, 0.2) is 24.5 Å². The first-order valence-corrected chi connectivity index (χ1v) is 6.15. The second-order valence-corrected chi connectivity index (χ2v) is 4.76. The van der Waals surface area contributed by atoms with E-state index in [4.69, 9.17) is 5.73 Å². The van der Waals surface area contributed by atoms with E-state index in [-0.39, 0.29) is 0 Å². The smallest absolute Gasteiger partial charge is 0.0485 e. The number of nitrogens with zero attached hydrogens (tertiary/aromatic N) is 2. The van der Waals surface area contributed by atoms with Gasteiger partial charge in [-0.25, -0.2) is 0 Å². The minimum absolute atomic E-state index is 0.348. The minimum Gasteiger partial charge on any atom is -0.329 e. The van der Waals surface area contributed by atoms with Gasteiger partial charge in [-0.1, -0.05) is 13.0 Å². The van der Waals surface area contributed by atoms with E-state index in [2.05, 4.69) is 22.9 Å². The minimum atomic E-state index is 0.348. The maximum atomic E-state index is 5.90. The number of pyridine rings is 1. The lowest BCUT2D eigenvalue weighted by molar-refractivity contribution is 0.141. The van der Waals surface area contributed by atoms with Crippen LogP contribution in [0.25, 0.3) is 0 Å². The molecule has 0 bridgehead atoms. The average molecular weight is 219 g/mol. The van der Waals surface area contributed by atoms with Gasteiger partial charge in [0.2, 0.25) is 0 Å². The molecule has 0 saturated carbocycles. The van der Waals surface area contributed by atoms with Crippen molar-refractivity contribution in [2.45, 2.75) is 25.8 Å². The number of nitrogens with two attached hydrogens (primary N) is 1. The van der Waals surface area contributed by atoms with Crippen LogP contribution in [0.2, 0.25) is 0 Å². The predicted molar refractivity (Wildman–Crippen MR) is 66.0 cm³/mol. The molecule has 1 aromatic rings. The van der Waals surface area contributed by atoms with Crippen molar-refractivity contribution in [1.29, 1.82) is 0 Å². The van der Waals surface area contributed by atoms with Gasteiger partial charge in [-0.2, -0.15) is 0 Å². The Hall–Kier alpha value is -0.930. The van der Waals surface area contributed by atoms with Crippen molar-refractivity contribution in [2.24, 2.45) is 11.7 Å². The Bertz CT molecular complexity index is 304. The van der Waals surface area contributed by atoms with E-state index < -0.39 is 0 Å². The van der Waals surface area contributed by atoms with Crippen molar-refractivity contribution < 1.29 is 0 Å². The molecule has 3 heteroatoms. The van der Waals surface area contributed by atoms with Gasteiger partial charge in [0.25, 0.3) is 0 Å². The summed E-state index contributed by atoms with van der Waals surface area (Å²) in [4.78, 5) is 6.68. The summed E-state index contributed by atoms with van der Waals surface area (Å²) in [6.45, 7) is 5.34. The lowest BCUT2D eigenvalue weighted by Crippen LogP contribution is -2.39. The van der Waals surface area contributed by atoms with E-state index in [1.807, 2.05) is 18.5 Å². The molecule has 2 heterocycles. The van der Waals surface area contributed by atoms with E-state index >= 15 is 0 Å². The van der Waals surface area contributed by atoms with Crippen LogP contribution in [-0.4, -0.2) is 29.5 Å². The fourth-order valence-corrected chi connectivity index (χ4v) is 2.41. The van der Waals surface area contributed by atoms with Crippen molar-refractivity contribution in [3.05, 3.63) is 30.1 Å². The van der Waals surface area contributed by atoms with Crippen LogP contribution >= 0.6 is 0 Å². The third-order valence-corrected chi connectivity index (χ3v) is 3.55. The molecule has 1 aliphatic rings. The van der Waals surface area contributed by atoms with Gasteiger partial charge in [-0.15, -0.1) is 0 Å². The molecule has 0 amide bonds. The Morgan fingerprint density at radius 1 is 1.50 bits per heavy atom. The number of piperidine rings is 1. The van der Waals surface area contributed by atoms with Crippen molar-refractivity contribution >= 4 is 0 Å². The Morgan fingerprint density at radius 2 is 2.25 bits per heavy atom. The molecule has 0 radical (unpaired) electrons. The molecule has 0 unspecified atom stereocenters. The zero-order valence-electron chi connectivity index (χ0n) is 9.97. The van der Waals surface area contributed by atoms with Crippen molar-refractivity contribution in [1.82, 2.24) is 9.88 Å². The number of likely N-dealkylation sites (tertiary alicyclic amines) is 1. The summed E-state index contributed by atoms with van der Waals surface area (Å²) >= 11 is 0. The summed E-state index contributed by atoms with van der Waals surface area (Å²) in [5.41, 5.74) is 7.15. The monoisotopic (exact) mass is 219 g/mol. The Kier molecular flexibility index (Phi) is 3.91. The molecule has 1 aliphatic heterocycles. The highest BCUT2D eigenvalue weighted by Crippen LogP contribution is 2.25. The SMILES string of the molecule is CC1CCN([C@H](CN)c2cccnc2)CC1. The second kappa shape index (κ2) is 5.41. The Balaban J connectivity index is 2.05. The van der Waals surface area contributed by atoms with Crippen molar-refractivity contribution in [2.75, 3.05) is 19.6 Å². The first kappa shape index (κ1) is 11.6. The number of aromatic nitrogens is 1. The summed E-state index contributed by atoms with van der Waals surface area (Å²) in [6, 6.07) is 4.47. The van der Waals surface area contributed by atoms with Crippen molar-refractivity contribution in [3.8, 4) is 0 Å². The maximum absolute atomic E-state index is 5.90. The van der Waals surface area contributed by atoms with E-state index in [0.717, 1.165) is 19.0 Å². The van der Waals surface area contributed by atoms with Crippen LogP contribution in [0.3, 0.4) is 0 Å². The number of rotatable bonds is 3. The molecule has 1 aromatic heterocycles.